The molecule has 1 N–H and O–H groups in total. The molecule has 0 aromatic carbocycles. The van der Waals surface area contributed by atoms with E-state index in [0.717, 1.165) is 25.7 Å². The number of ether oxygens (including phenoxy) is 1. The highest BCUT2D eigenvalue weighted by atomic mass is 16.5. The first kappa shape index (κ1) is 11.9. The maximum atomic E-state index is 5.34. The van der Waals surface area contributed by atoms with Crippen LogP contribution < -0.4 is 5.32 Å². The number of nitrogens with zero attached hydrogens (tertiary/aromatic N) is 2. The van der Waals surface area contributed by atoms with Crippen molar-refractivity contribution in [2.45, 2.75) is 37.8 Å². The topological polar surface area (TPSA) is 47.0 Å². The summed E-state index contributed by atoms with van der Waals surface area (Å²) in [6.45, 7) is 0. The van der Waals surface area contributed by atoms with E-state index in [1.165, 1.54) is 0 Å². The van der Waals surface area contributed by atoms with Crippen molar-refractivity contribution in [3.8, 4) is 12.3 Å². The average molecular weight is 231 g/mol. The van der Waals surface area contributed by atoms with Crippen LogP contribution in [0.2, 0.25) is 0 Å². The van der Waals surface area contributed by atoms with Gasteiger partial charge < -0.3 is 10.1 Å². The number of terminal acetylenes is 1. The molecule has 4 nitrogen and oxygen atoms in total. The Morgan fingerprint density at radius 3 is 2.82 bits per heavy atom. The lowest BCUT2D eigenvalue weighted by Crippen LogP contribution is -2.29. The summed E-state index contributed by atoms with van der Waals surface area (Å²) in [5.74, 6) is 3.14. The van der Waals surface area contributed by atoms with E-state index in [4.69, 9.17) is 11.2 Å². The number of aromatic nitrogens is 2. The van der Waals surface area contributed by atoms with Gasteiger partial charge in [-0.15, -0.1) is 6.42 Å². The molecule has 1 aliphatic carbocycles. The van der Waals surface area contributed by atoms with Crippen molar-refractivity contribution in [2.24, 2.45) is 0 Å². The van der Waals surface area contributed by atoms with Crippen LogP contribution in [0.1, 0.15) is 31.4 Å². The molecule has 1 aromatic heterocycles. The summed E-state index contributed by atoms with van der Waals surface area (Å²) in [6, 6.07) is 2.15. The Hall–Kier alpha value is -1.60. The van der Waals surface area contributed by atoms with Crippen LogP contribution >= 0.6 is 0 Å². The van der Waals surface area contributed by atoms with Crippen LogP contribution in [0.3, 0.4) is 0 Å². The molecule has 2 rings (SSSR count). The van der Waals surface area contributed by atoms with Crippen LogP contribution in [0.5, 0.6) is 0 Å². The van der Waals surface area contributed by atoms with Gasteiger partial charge >= 0.3 is 0 Å². The molecular weight excluding hydrogens is 214 g/mol. The van der Waals surface area contributed by atoms with Gasteiger partial charge in [-0.25, -0.2) is 9.97 Å². The van der Waals surface area contributed by atoms with Crippen LogP contribution in [0.25, 0.3) is 0 Å². The average Bonchev–Trinajstić information content (AvgIpc) is 2.40. The van der Waals surface area contributed by atoms with E-state index in [9.17, 15) is 0 Å². The van der Waals surface area contributed by atoms with Gasteiger partial charge in [0.25, 0.3) is 0 Å². The van der Waals surface area contributed by atoms with Gasteiger partial charge in [0.1, 0.15) is 5.69 Å². The molecule has 0 saturated heterocycles. The Morgan fingerprint density at radius 2 is 2.18 bits per heavy atom. The normalized spacial score (nSPS) is 24.0. The molecule has 1 aliphatic rings. The molecule has 90 valence electrons. The minimum atomic E-state index is 0.408. The predicted octanol–water partition coefficient (Wildman–Crippen LogP) is 1.83. The summed E-state index contributed by atoms with van der Waals surface area (Å²) in [4.78, 5) is 8.41. The van der Waals surface area contributed by atoms with E-state index in [1.54, 1.807) is 19.4 Å². The van der Waals surface area contributed by atoms with Gasteiger partial charge in [-0.3, -0.25) is 0 Å². The minimum absolute atomic E-state index is 0.408. The van der Waals surface area contributed by atoms with Crippen LogP contribution in [0, 0.1) is 12.3 Å². The van der Waals surface area contributed by atoms with Crippen molar-refractivity contribution in [3.05, 3.63) is 18.0 Å². The molecule has 0 spiro atoms. The van der Waals surface area contributed by atoms with Gasteiger partial charge in [0.15, 0.2) is 0 Å². The zero-order valence-electron chi connectivity index (χ0n) is 10.0. The molecule has 1 heterocycles. The molecule has 17 heavy (non-hydrogen) atoms. The quantitative estimate of drug-likeness (QED) is 0.806. The lowest BCUT2D eigenvalue weighted by Gasteiger charge is -2.28. The first-order chi connectivity index (χ1) is 8.31. The van der Waals surface area contributed by atoms with E-state index < -0.39 is 0 Å². The Kier molecular flexibility index (Phi) is 3.94. The zero-order chi connectivity index (χ0) is 12.1. The SMILES string of the molecule is C#Cc1ccnc(NC2CCC(OC)CC2)n1. The summed E-state index contributed by atoms with van der Waals surface area (Å²) in [5, 5.41) is 3.33. The van der Waals surface area contributed by atoms with Crippen LogP contribution in [0.4, 0.5) is 5.95 Å². The third kappa shape index (κ3) is 3.18. The second kappa shape index (κ2) is 5.65. The van der Waals surface area contributed by atoms with Gasteiger partial charge in [-0.2, -0.15) is 0 Å². The molecule has 0 unspecified atom stereocenters. The lowest BCUT2D eigenvalue weighted by atomic mass is 9.93. The van der Waals surface area contributed by atoms with Crippen molar-refractivity contribution in [1.82, 2.24) is 9.97 Å². The minimum Gasteiger partial charge on any atom is -0.381 e. The van der Waals surface area contributed by atoms with E-state index in [-0.39, 0.29) is 0 Å². The number of methoxy groups -OCH3 is 1. The van der Waals surface area contributed by atoms with Gasteiger partial charge in [0.05, 0.1) is 6.10 Å². The van der Waals surface area contributed by atoms with Crippen molar-refractivity contribution in [3.63, 3.8) is 0 Å². The lowest BCUT2D eigenvalue weighted by molar-refractivity contribution is 0.0681. The van der Waals surface area contributed by atoms with E-state index in [1.807, 2.05) is 0 Å². The highest BCUT2D eigenvalue weighted by Gasteiger charge is 2.21. The molecule has 1 aromatic rings. The maximum absolute atomic E-state index is 5.34. The van der Waals surface area contributed by atoms with Crippen LogP contribution in [-0.2, 0) is 4.74 Å². The number of hydrogen-bond acceptors (Lipinski definition) is 4. The number of nitrogens with one attached hydrogen (secondary N) is 1. The first-order valence-electron chi connectivity index (χ1n) is 5.91. The largest absolute Gasteiger partial charge is 0.381 e. The number of anilines is 1. The van der Waals surface area contributed by atoms with Crippen LogP contribution in [-0.4, -0.2) is 29.2 Å². The summed E-state index contributed by atoms with van der Waals surface area (Å²) < 4.78 is 5.34. The zero-order valence-corrected chi connectivity index (χ0v) is 10.0. The predicted molar refractivity (Wildman–Crippen MR) is 66.6 cm³/mol. The summed E-state index contributed by atoms with van der Waals surface area (Å²) >= 11 is 0. The molecular formula is C13H17N3O. The fraction of sp³-hybridized carbons (Fsp3) is 0.538. The molecule has 0 aliphatic heterocycles. The monoisotopic (exact) mass is 231 g/mol. The molecule has 0 radical (unpaired) electrons. The molecule has 0 atom stereocenters. The Morgan fingerprint density at radius 1 is 1.41 bits per heavy atom. The highest BCUT2D eigenvalue weighted by molar-refractivity contribution is 5.32. The fourth-order valence-electron chi connectivity index (χ4n) is 2.13. The van der Waals surface area contributed by atoms with Gasteiger partial charge in [0.2, 0.25) is 5.95 Å². The van der Waals surface area contributed by atoms with Crippen molar-refractivity contribution >= 4 is 5.95 Å². The summed E-state index contributed by atoms with van der Waals surface area (Å²) in [7, 11) is 1.78. The van der Waals surface area contributed by atoms with Gasteiger partial charge in [0, 0.05) is 19.3 Å². The Bertz CT molecular complexity index is 405. The molecule has 1 saturated carbocycles. The number of hydrogen-bond donors (Lipinski definition) is 1. The first-order valence-corrected chi connectivity index (χ1v) is 5.91. The smallest absolute Gasteiger partial charge is 0.224 e. The third-order valence-electron chi connectivity index (χ3n) is 3.14. The van der Waals surface area contributed by atoms with E-state index >= 15 is 0 Å². The molecule has 0 bridgehead atoms. The fourth-order valence-corrected chi connectivity index (χ4v) is 2.13. The summed E-state index contributed by atoms with van der Waals surface area (Å²) in [6.07, 6.45) is 11.7. The number of rotatable bonds is 3. The molecule has 4 heteroatoms. The van der Waals surface area contributed by atoms with Crippen LogP contribution in [0.15, 0.2) is 12.3 Å². The third-order valence-corrected chi connectivity index (χ3v) is 3.14. The van der Waals surface area contributed by atoms with Gasteiger partial charge in [-0.05, 0) is 31.7 Å². The highest BCUT2D eigenvalue weighted by Crippen LogP contribution is 2.22. The molecule has 0 amide bonds. The summed E-state index contributed by atoms with van der Waals surface area (Å²) in [5.41, 5.74) is 0.619. The molecule has 1 fully saturated rings. The maximum Gasteiger partial charge on any atom is 0.224 e. The van der Waals surface area contributed by atoms with Crippen molar-refractivity contribution < 1.29 is 4.74 Å². The van der Waals surface area contributed by atoms with Crippen molar-refractivity contribution in [2.75, 3.05) is 12.4 Å². The Balaban J connectivity index is 1.91. The standard InChI is InChI=1S/C13H17N3O/c1-3-10-8-9-14-13(15-10)16-11-4-6-12(17-2)7-5-11/h1,8-9,11-12H,4-7H2,2H3,(H,14,15,16). The van der Waals surface area contributed by atoms with Crippen molar-refractivity contribution in [1.29, 1.82) is 0 Å². The van der Waals surface area contributed by atoms with E-state index in [2.05, 4.69) is 21.2 Å². The van der Waals surface area contributed by atoms with E-state index in [0.29, 0.717) is 23.8 Å². The van der Waals surface area contributed by atoms with Gasteiger partial charge in [-0.1, -0.05) is 5.92 Å². The second-order valence-corrected chi connectivity index (χ2v) is 4.26. The second-order valence-electron chi connectivity index (χ2n) is 4.26. The Labute approximate surface area is 102 Å².